The van der Waals surface area contributed by atoms with E-state index in [1.807, 2.05) is 0 Å². The predicted molar refractivity (Wildman–Crippen MR) is 155 cm³/mol. The zero-order valence-electron chi connectivity index (χ0n) is 23.0. The number of halogens is 3. The monoisotopic (exact) mass is 545 g/mol. The molecule has 0 saturated carbocycles. The summed E-state index contributed by atoms with van der Waals surface area (Å²) >= 11 is 21.3. The van der Waals surface area contributed by atoms with Gasteiger partial charge in [-0.25, -0.2) is 0 Å². The van der Waals surface area contributed by atoms with E-state index in [1.165, 1.54) is 12.8 Å². The van der Waals surface area contributed by atoms with Gasteiger partial charge in [-0.05, 0) is 39.7 Å². The lowest BCUT2D eigenvalue weighted by atomic mass is 10.2. The Morgan fingerprint density at radius 1 is 0.548 bits per heavy atom. The molecule has 0 radical (unpaired) electrons. The molecule has 188 valence electrons. The smallest absolute Gasteiger partial charge is 0.341 e. The van der Waals surface area contributed by atoms with Crippen molar-refractivity contribution in [3.05, 3.63) is 0 Å². The van der Waals surface area contributed by atoms with Crippen molar-refractivity contribution in [2.24, 2.45) is 0 Å². The van der Waals surface area contributed by atoms with E-state index in [2.05, 4.69) is 94.2 Å². The quantitative estimate of drug-likeness (QED) is 0.119. The Balaban J connectivity index is 7.52. The van der Waals surface area contributed by atoms with E-state index in [1.54, 1.807) is 0 Å². The first-order chi connectivity index (χ1) is 14.0. The predicted octanol–water partition coefficient (Wildman–Crippen LogP) is 10.8. The summed E-state index contributed by atoms with van der Waals surface area (Å²) in [6.07, 6.45) is 4.63. The largest absolute Gasteiger partial charge is 0.356 e. The second kappa shape index (κ2) is 13.0. The first kappa shape index (κ1) is 32.5. The molecule has 0 rings (SSSR count). The second-order valence-corrected chi connectivity index (χ2v) is 32.4. The van der Waals surface area contributed by atoms with Crippen molar-refractivity contribution in [1.82, 2.24) is 4.23 Å². The molecule has 0 heterocycles. The minimum atomic E-state index is -2.98. The van der Waals surface area contributed by atoms with Gasteiger partial charge in [-0.15, -0.1) is 33.2 Å². The van der Waals surface area contributed by atoms with Gasteiger partial charge in [0, 0.05) is 5.67 Å². The Hall–Kier alpha value is 1.48. The van der Waals surface area contributed by atoms with Crippen LogP contribution in [0.2, 0.25) is 33.2 Å². The Morgan fingerprint density at radius 3 is 1.03 bits per heavy atom. The van der Waals surface area contributed by atoms with Crippen LogP contribution in [-0.2, 0) is 0 Å². The first-order valence-electron chi connectivity index (χ1n) is 12.8. The SMILES string of the molecule is CCCCCC(N([Si](C(C)C)(C(C)C)C(C)C)[Si](C(C)C)(C(C)C)C(C)C)[Si](Cl)(Cl)Cl. The molecule has 0 aromatic heterocycles. The molecule has 0 spiro atoms. The summed E-state index contributed by atoms with van der Waals surface area (Å²) in [6, 6.07) is -2.98. The summed E-state index contributed by atoms with van der Waals surface area (Å²) in [5.74, 6) is 0. The highest BCUT2D eigenvalue weighted by molar-refractivity contribution is 7.65. The summed E-state index contributed by atoms with van der Waals surface area (Å²) in [7, 11) is -4.07. The normalized spacial score (nSPS) is 15.6. The minimum Gasteiger partial charge on any atom is -0.341 e. The van der Waals surface area contributed by atoms with Gasteiger partial charge < -0.3 is 4.23 Å². The molecule has 0 aromatic rings. The number of nitrogens with zero attached hydrogens (tertiary/aromatic N) is 1. The molecule has 0 aliphatic heterocycles. The molecule has 1 unspecified atom stereocenters. The van der Waals surface area contributed by atoms with Crippen LogP contribution >= 0.6 is 33.2 Å². The second-order valence-electron chi connectivity index (χ2n) is 11.6. The summed E-state index contributed by atoms with van der Waals surface area (Å²) in [5.41, 5.74) is 3.82. The third kappa shape index (κ3) is 6.58. The molecule has 0 fully saturated rings. The third-order valence-corrected chi connectivity index (χ3v) is 28.0. The van der Waals surface area contributed by atoms with Crippen molar-refractivity contribution in [3.8, 4) is 0 Å². The van der Waals surface area contributed by atoms with Crippen molar-refractivity contribution in [2.45, 2.75) is 155 Å². The van der Waals surface area contributed by atoms with E-state index < -0.39 is 22.5 Å². The van der Waals surface area contributed by atoms with Gasteiger partial charge in [0.2, 0.25) is 0 Å². The van der Waals surface area contributed by atoms with Crippen LogP contribution in [0, 0.1) is 0 Å². The molecule has 31 heavy (non-hydrogen) atoms. The van der Waals surface area contributed by atoms with Crippen molar-refractivity contribution in [2.75, 3.05) is 0 Å². The lowest BCUT2D eigenvalue weighted by Crippen LogP contribution is -2.78. The molecular formula is C24H54Cl3NSi3. The van der Waals surface area contributed by atoms with Crippen molar-refractivity contribution < 1.29 is 0 Å². The standard InChI is InChI=1S/C24H54Cl3NSi3/c1-14-15-16-17-24(31(25,26)27)28(29(18(2)3,19(4)5)20(6)7)30(21(8)9,22(10)11)23(12)13/h18-24H,14-17H2,1-13H3. The summed E-state index contributed by atoms with van der Waals surface area (Å²) < 4.78 is 3.13. The van der Waals surface area contributed by atoms with Crippen LogP contribution < -0.4 is 0 Å². The van der Waals surface area contributed by atoms with Gasteiger partial charge >= 0.3 is 6.00 Å². The molecule has 7 heteroatoms. The molecule has 0 saturated heterocycles. The number of hydrogen-bond donors (Lipinski definition) is 0. The highest BCUT2D eigenvalue weighted by Crippen LogP contribution is 2.56. The van der Waals surface area contributed by atoms with E-state index in [-0.39, 0.29) is 5.67 Å². The Kier molecular flexibility index (Phi) is 13.6. The molecule has 1 atom stereocenters. The Labute approximate surface area is 213 Å². The van der Waals surface area contributed by atoms with E-state index in [4.69, 9.17) is 33.2 Å². The first-order valence-corrected chi connectivity index (χ1v) is 22.3. The van der Waals surface area contributed by atoms with Crippen molar-refractivity contribution in [3.63, 3.8) is 0 Å². The van der Waals surface area contributed by atoms with Crippen LogP contribution in [-0.4, -0.2) is 32.4 Å². The highest BCUT2D eigenvalue weighted by Gasteiger charge is 2.63. The van der Waals surface area contributed by atoms with E-state index in [0.29, 0.717) is 33.2 Å². The summed E-state index contributed by atoms with van der Waals surface area (Å²) in [6.45, 7) is 32.0. The molecule has 1 nitrogen and oxygen atoms in total. The molecule has 0 aromatic carbocycles. The number of hydrogen-bond acceptors (Lipinski definition) is 1. The maximum Gasteiger partial charge on any atom is 0.356 e. The Bertz CT molecular complexity index is 441. The van der Waals surface area contributed by atoms with Crippen LogP contribution in [0.15, 0.2) is 0 Å². The van der Waals surface area contributed by atoms with Crippen LogP contribution in [0.3, 0.4) is 0 Å². The fraction of sp³-hybridized carbons (Fsp3) is 1.00. The van der Waals surface area contributed by atoms with Crippen LogP contribution in [0.1, 0.15) is 116 Å². The fourth-order valence-electron chi connectivity index (χ4n) is 7.57. The van der Waals surface area contributed by atoms with E-state index in [9.17, 15) is 0 Å². The highest BCUT2D eigenvalue weighted by atomic mass is 35.8. The molecule has 0 amide bonds. The van der Waals surface area contributed by atoms with Gasteiger partial charge in [0.1, 0.15) is 16.5 Å². The van der Waals surface area contributed by atoms with Crippen LogP contribution in [0.25, 0.3) is 0 Å². The third-order valence-electron chi connectivity index (χ3n) is 8.15. The zero-order valence-corrected chi connectivity index (χ0v) is 28.2. The zero-order chi connectivity index (χ0) is 24.9. The van der Waals surface area contributed by atoms with Crippen LogP contribution in [0.5, 0.6) is 0 Å². The summed E-state index contributed by atoms with van der Waals surface area (Å²) in [4.78, 5) is 0. The van der Waals surface area contributed by atoms with Gasteiger partial charge in [-0.3, -0.25) is 0 Å². The number of unbranched alkanes of at least 4 members (excludes halogenated alkanes) is 2. The summed E-state index contributed by atoms with van der Waals surface area (Å²) in [5, 5.41) is 0. The number of rotatable bonds is 14. The Morgan fingerprint density at radius 2 is 0.839 bits per heavy atom. The average molecular weight is 547 g/mol. The fourth-order valence-corrected chi connectivity index (χ4v) is 34.2. The molecule has 0 bridgehead atoms. The lowest BCUT2D eigenvalue weighted by Gasteiger charge is -2.66. The van der Waals surface area contributed by atoms with Gasteiger partial charge in [0.25, 0.3) is 0 Å². The van der Waals surface area contributed by atoms with Crippen LogP contribution in [0.4, 0.5) is 0 Å². The average Bonchev–Trinajstić information content (AvgIpc) is 2.55. The van der Waals surface area contributed by atoms with Crippen molar-refractivity contribution >= 4 is 55.7 Å². The molecule has 0 aliphatic carbocycles. The minimum absolute atomic E-state index is 0.127. The van der Waals surface area contributed by atoms with Gasteiger partial charge in [-0.1, -0.05) is 109 Å². The van der Waals surface area contributed by atoms with E-state index in [0.717, 1.165) is 12.8 Å². The van der Waals surface area contributed by atoms with Gasteiger partial charge in [-0.2, -0.15) is 0 Å². The van der Waals surface area contributed by atoms with E-state index >= 15 is 0 Å². The van der Waals surface area contributed by atoms with Crippen molar-refractivity contribution in [1.29, 1.82) is 0 Å². The molecular weight excluding hydrogens is 493 g/mol. The molecule has 0 N–H and O–H groups in total. The topological polar surface area (TPSA) is 3.24 Å². The molecule has 0 aliphatic rings. The van der Waals surface area contributed by atoms with Gasteiger partial charge in [0.05, 0.1) is 0 Å². The maximum absolute atomic E-state index is 7.09. The maximum atomic E-state index is 7.09. The van der Waals surface area contributed by atoms with Gasteiger partial charge in [0.15, 0.2) is 0 Å². The lowest BCUT2D eigenvalue weighted by molar-refractivity contribution is 0.433.